The SMILES string of the molecule is O=C(Nc1cc(S(=O)(=O)N2CCCCC2)ccc1N1CCOCC1)C1CC(=O)N(C2CC2)C1. The highest BCUT2D eigenvalue weighted by atomic mass is 32.2. The maximum Gasteiger partial charge on any atom is 0.243 e. The number of carbonyl (C=O) groups is 2. The Morgan fingerprint density at radius 1 is 1.03 bits per heavy atom. The smallest absolute Gasteiger partial charge is 0.243 e. The van der Waals surface area contributed by atoms with Gasteiger partial charge in [-0.25, -0.2) is 8.42 Å². The summed E-state index contributed by atoms with van der Waals surface area (Å²) in [6.07, 6.45) is 5.00. The first-order valence-electron chi connectivity index (χ1n) is 12.0. The molecule has 33 heavy (non-hydrogen) atoms. The van der Waals surface area contributed by atoms with Gasteiger partial charge in [0.2, 0.25) is 21.8 Å². The summed E-state index contributed by atoms with van der Waals surface area (Å²) in [7, 11) is -3.63. The zero-order chi connectivity index (χ0) is 23.0. The lowest BCUT2D eigenvalue weighted by molar-refractivity contribution is -0.128. The summed E-state index contributed by atoms with van der Waals surface area (Å²) in [6.45, 7) is 3.97. The zero-order valence-electron chi connectivity index (χ0n) is 18.9. The average molecular weight is 477 g/mol. The molecule has 1 unspecified atom stereocenters. The van der Waals surface area contributed by atoms with Crippen molar-refractivity contribution in [1.82, 2.24) is 9.21 Å². The lowest BCUT2D eigenvalue weighted by Gasteiger charge is -2.31. The molecule has 1 N–H and O–H groups in total. The second kappa shape index (κ2) is 9.23. The molecule has 0 radical (unpaired) electrons. The fourth-order valence-electron chi connectivity index (χ4n) is 4.99. The molecule has 1 aromatic carbocycles. The standard InChI is InChI=1S/C23H32N4O5S/c28-22-14-17(16-27(22)18-4-5-18)23(29)24-20-15-19(33(30,31)26-8-2-1-3-9-26)6-7-21(20)25-10-12-32-13-11-25/h6-7,15,17-18H,1-5,8-14,16H2,(H,24,29). The van der Waals surface area contributed by atoms with Crippen LogP contribution in [0.2, 0.25) is 0 Å². The molecule has 10 heteroatoms. The van der Waals surface area contributed by atoms with Crippen LogP contribution in [0.3, 0.4) is 0 Å². The molecule has 1 saturated carbocycles. The number of hydrogen-bond donors (Lipinski definition) is 1. The zero-order valence-corrected chi connectivity index (χ0v) is 19.7. The molecule has 0 spiro atoms. The van der Waals surface area contributed by atoms with Gasteiger partial charge in [0.25, 0.3) is 0 Å². The van der Waals surface area contributed by atoms with Crippen LogP contribution in [0.1, 0.15) is 38.5 Å². The molecule has 4 aliphatic rings. The lowest BCUT2D eigenvalue weighted by atomic mass is 10.1. The van der Waals surface area contributed by atoms with E-state index in [9.17, 15) is 18.0 Å². The Labute approximate surface area is 195 Å². The third kappa shape index (κ3) is 4.74. The number of carbonyl (C=O) groups excluding carboxylic acids is 2. The van der Waals surface area contributed by atoms with E-state index in [1.807, 2.05) is 4.90 Å². The predicted octanol–water partition coefficient (Wildman–Crippen LogP) is 1.65. The monoisotopic (exact) mass is 476 g/mol. The summed E-state index contributed by atoms with van der Waals surface area (Å²) in [5.41, 5.74) is 1.27. The Bertz CT molecular complexity index is 1010. The molecule has 3 aliphatic heterocycles. The number of piperidine rings is 1. The predicted molar refractivity (Wildman–Crippen MR) is 124 cm³/mol. The average Bonchev–Trinajstić information content (AvgIpc) is 3.61. The molecule has 4 fully saturated rings. The highest BCUT2D eigenvalue weighted by Gasteiger charge is 2.42. The number of hydrogen-bond acceptors (Lipinski definition) is 6. The quantitative estimate of drug-likeness (QED) is 0.670. The van der Waals surface area contributed by atoms with Crippen molar-refractivity contribution in [3.05, 3.63) is 18.2 Å². The molecular weight excluding hydrogens is 444 g/mol. The van der Waals surface area contributed by atoms with Crippen LogP contribution in [0.4, 0.5) is 11.4 Å². The number of morpholine rings is 1. The molecule has 1 aromatic rings. The number of amides is 2. The van der Waals surface area contributed by atoms with E-state index in [-0.39, 0.29) is 29.2 Å². The topological polar surface area (TPSA) is 99.3 Å². The van der Waals surface area contributed by atoms with E-state index in [1.165, 1.54) is 4.31 Å². The van der Waals surface area contributed by atoms with Crippen molar-refractivity contribution in [3.63, 3.8) is 0 Å². The molecule has 2 amide bonds. The number of rotatable bonds is 6. The Hall–Kier alpha value is -2.17. The molecule has 1 aliphatic carbocycles. The number of sulfonamides is 1. The molecule has 1 atom stereocenters. The fourth-order valence-corrected chi connectivity index (χ4v) is 6.54. The van der Waals surface area contributed by atoms with Gasteiger partial charge in [0, 0.05) is 45.2 Å². The van der Waals surface area contributed by atoms with E-state index in [4.69, 9.17) is 4.74 Å². The number of likely N-dealkylation sites (tertiary alicyclic amines) is 1. The fraction of sp³-hybridized carbons (Fsp3) is 0.652. The van der Waals surface area contributed by atoms with Gasteiger partial charge in [-0.3, -0.25) is 9.59 Å². The molecule has 9 nitrogen and oxygen atoms in total. The van der Waals surface area contributed by atoms with Crippen molar-refractivity contribution >= 4 is 33.2 Å². The first kappa shape index (κ1) is 22.6. The molecule has 3 heterocycles. The van der Waals surface area contributed by atoms with E-state index in [0.29, 0.717) is 51.6 Å². The molecule has 5 rings (SSSR count). The van der Waals surface area contributed by atoms with E-state index >= 15 is 0 Å². The Balaban J connectivity index is 1.41. The van der Waals surface area contributed by atoms with Gasteiger partial charge in [-0.2, -0.15) is 4.31 Å². The van der Waals surface area contributed by atoms with E-state index < -0.39 is 15.9 Å². The summed E-state index contributed by atoms with van der Waals surface area (Å²) < 4.78 is 33.5. The van der Waals surface area contributed by atoms with Crippen LogP contribution in [-0.4, -0.2) is 81.4 Å². The van der Waals surface area contributed by atoms with Crippen molar-refractivity contribution < 1.29 is 22.7 Å². The number of benzene rings is 1. The van der Waals surface area contributed by atoms with Crippen molar-refractivity contribution in [2.75, 3.05) is 56.2 Å². The number of anilines is 2. The Kier molecular flexibility index (Phi) is 6.32. The number of nitrogens with one attached hydrogen (secondary N) is 1. The van der Waals surface area contributed by atoms with Crippen molar-refractivity contribution in [1.29, 1.82) is 0 Å². The normalized spacial score (nSPS) is 24.8. The van der Waals surface area contributed by atoms with Gasteiger partial charge in [-0.1, -0.05) is 6.42 Å². The van der Waals surface area contributed by atoms with Crippen LogP contribution in [0.5, 0.6) is 0 Å². The minimum Gasteiger partial charge on any atom is -0.378 e. The van der Waals surface area contributed by atoms with Gasteiger partial charge < -0.3 is 19.9 Å². The van der Waals surface area contributed by atoms with Crippen LogP contribution in [0.25, 0.3) is 0 Å². The molecule has 3 saturated heterocycles. The third-order valence-electron chi connectivity index (χ3n) is 7.05. The summed E-state index contributed by atoms with van der Waals surface area (Å²) in [6, 6.07) is 5.30. The van der Waals surface area contributed by atoms with Crippen LogP contribution >= 0.6 is 0 Å². The van der Waals surface area contributed by atoms with Gasteiger partial charge in [0.15, 0.2) is 0 Å². The van der Waals surface area contributed by atoms with E-state index in [1.54, 1.807) is 18.2 Å². The second-order valence-corrected chi connectivity index (χ2v) is 11.3. The highest BCUT2D eigenvalue weighted by molar-refractivity contribution is 7.89. The molecule has 0 aromatic heterocycles. The van der Waals surface area contributed by atoms with Crippen molar-refractivity contribution in [2.24, 2.45) is 5.92 Å². The van der Waals surface area contributed by atoms with Gasteiger partial charge in [0.1, 0.15) is 0 Å². The summed E-state index contributed by atoms with van der Waals surface area (Å²) >= 11 is 0. The lowest BCUT2D eigenvalue weighted by Crippen LogP contribution is -2.37. The minimum absolute atomic E-state index is 0.0347. The van der Waals surface area contributed by atoms with Gasteiger partial charge in [0.05, 0.1) is 35.4 Å². The maximum atomic E-state index is 13.3. The third-order valence-corrected chi connectivity index (χ3v) is 8.94. The second-order valence-electron chi connectivity index (χ2n) is 9.41. The molecule has 180 valence electrons. The van der Waals surface area contributed by atoms with Gasteiger partial charge in [-0.05, 0) is 43.9 Å². The minimum atomic E-state index is -3.63. The largest absolute Gasteiger partial charge is 0.378 e. The summed E-state index contributed by atoms with van der Waals surface area (Å²) in [4.78, 5) is 29.6. The number of ether oxygens (including phenoxy) is 1. The highest BCUT2D eigenvalue weighted by Crippen LogP contribution is 2.35. The first-order valence-corrected chi connectivity index (χ1v) is 13.4. The van der Waals surface area contributed by atoms with E-state index in [2.05, 4.69) is 10.2 Å². The number of nitrogens with zero attached hydrogens (tertiary/aromatic N) is 3. The van der Waals surface area contributed by atoms with Gasteiger partial charge >= 0.3 is 0 Å². The van der Waals surface area contributed by atoms with Crippen molar-refractivity contribution in [3.8, 4) is 0 Å². The maximum absolute atomic E-state index is 13.3. The molecular formula is C23H32N4O5S. The van der Waals surface area contributed by atoms with Crippen LogP contribution in [-0.2, 0) is 24.3 Å². The molecule has 0 bridgehead atoms. The van der Waals surface area contributed by atoms with Crippen LogP contribution in [0, 0.1) is 5.92 Å². The van der Waals surface area contributed by atoms with E-state index in [0.717, 1.165) is 37.8 Å². The van der Waals surface area contributed by atoms with Crippen molar-refractivity contribution in [2.45, 2.75) is 49.5 Å². The van der Waals surface area contributed by atoms with Gasteiger partial charge in [-0.15, -0.1) is 0 Å². The Morgan fingerprint density at radius 2 is 1.76 bits per heavy atom. The summed E-state index contributed by atoms with van der Waals surface area (Å²) in [5.74, 6) is -0.612. The Morgan fingerprint density at radius 3 is 2.45 bits per heavy atom. The first-order chi connectivity index (χ1) is 15.9. The summed E-state index contributed by atoms with van der Waals surface area (Å²) in [5, 5.41) is 2.98. The van der Waals surface area contributed by atoms with Crippen LogP contribution < -0.4 is 10.2 Å². The van der Waals surface area contributed by atoms with Crippen LogP contribution in [0.15, 0.2) is 23.1 Å².